The highest BCUT2D eigenvalue weighted by Gasteiger charge is 2.36. The van der Waals surface area contributed by atoms with Gasteiger partial charge in [-0.05, 0) is 43.7 Å². The molecular weight excluding hydrogens is 488 g/mol. The lowest BCUT2D eigenvalue weighted by atomic mass is 9.86. The molecule has 2 saturated heterocycles. The van der Waals surface area contributed by atoms with E-state index in [1.807, 2.05) is 35.2 Å². The van der Waals surface area contributed by atoms with Gasteiger partial charge in [-0.1, -0.05) is 30.3 Å². The molecule has 3 fully saturated rings. The molecule has 0 unspecified atom stereocenters. The summed E-state index contributed by atoms with van der Waals surface area (Å²) in [5.41, 5.74) is 1.55. The number of nitrogens with one attached hydrogen (secondary N) is 1. The van der Waals surface area contributed by atoms with Crippen LogP contribution in [0.4, 0.5) is 10.5 Å². The quantitative estimate of drug-likeness (QED) is 0.558. The average molecular weight is 521 g/mol. The van der Waals surface area contributed by atoms with Crippen molar-refractivity contribution in [3.05, 3.63) is 54.2 Å². The lowest BCUT2D eigenvalue weighted by molar-refractivity contribution is -0.149. The van der Waals surface area contributed by atoms with E-state index in [-0.39, 0.29) is 48.8 Å². The second-order valence-electron chi connectivity index (χ2n) is 10.1. The van der Waals surface area contributed by atoms with Crippen LogP contribution in [0.25, 0.3) is 0 Å². The summed E-state index contributed by atoms with van der Waals surface area (Å²) in [7, 11) is 0. The Morgan fingerprint density at radius 2 is 1.74 bits per heavy atom. The van der Waals surface area contributed by atoms with Gasteiger partial charge in [0.15, 0.2) is 0 Å². The molecule has 1 N–H and O–H groups in total. The molecule has 1 saturated carbocycles. The second-order valence-corrected chi connectivity index (χ2v) is 10.1. The maximum atomic E-state index is 13.1. The average Bonchev–Trinajstić information content (AvgIpc) is 3.44. The monoisotopic (exact) mass is 520 g/mol. The maximum absolute atomic E-state index is 13.1. The van der Waals surface area contributed by atoms with Crippen LogP contribution in [0.5, 0.6) is 5.88 Å². The zero-order valence-electron chi connectivity index (χ0n) is 21.2. The van der Waals surface area contributed by atoms with Crippen molar-refractivity contribution in [3.63, 3.8) is 0 Å². The third-order valence-electron chi connectivity index (χ3n) is 7.45. The number of carbonyl (C=O) groups is 4. The molecule has 200 valence electrons. The predicted octanol–water partition coefficient (Wildman–Crippen LogP) is 3.06. The zero-order chi connectivity index (χ0) is 26.5. The number of carbonyl (C=O) groups excluding carboxylic acids is 4. The zero-order valence-corrected chi connectivity index (χ0v) is 21.2. The van der Waals surface area contributed by atoms with Gasteiger partial charge in [0.1, 0.15) is 12.7 Å². The van der Waals surface area contributed by atoms with E-state index in [1.54, 1.807) is 18.3 Å². The predicted molar refractivity (Wildman–Crippen MR) is 137 cm³/mol. The third kappa shape index (κ3) is 6.12. The third-order valence-corrected chi connectivity index (χ3v) is 7.45. The molecule has 3 heterocycles. The van der Waals surface area contributed by atoms with Crippen LogP contribution in [0.3, 0.4) is 0 Å². The summed E-state index contributed by atoms with van der Waals surface area (Å²) in [5.74, 6) is -0.276. The van der Waals surface area contributed by atoms with Crippen molar-refractivity contribution < 1.29 is 28.7 Å². The number of benzene rings is 1. The number of nitrogens with zero attached hydrogens (tertiary/aromatic N) is 3. The summed E-state index contributed by atoms with van der Waals surface area (Å²) >= 11 is 0. The van der Waals surface area contributed by atoms with Crippen molar-refractivity contribution in [1.82, 2.24) is 15.2 Å². The number of aromatic nitrogens is 1. The van der Waals surface area contributed by atoms with E-state index in [1.165, 1.54) is 4.90 Å². The van der Waals surface area contributed by atoms with Crippen molar-refractivity contribution in [3.8, 4) is 5.88 Å². The number of likely N-dealkylation sites (tertiary alicyclic amines) is 1. The van der Waals surface area contributed by atoms with Crippen molar-refractivity contribution in [1.29, 1.82) is 0 Å². The number of ether oxygens (including phenoxy) is 2. The minimum atomic E-state index is -0.451. The van der Waals surface area contributed by atoms with E-state index in [2.05, 4.69) is 10.3 Å². The van der Waals surface area contributed by atoms with Gasteiger partial charge in [-0.2, -0.15) is 0 Å². The molecule has 10 heteroatoms. The Labute approximate surface area is 221 Å². The van der Waals surface area contributed by atoms with Crippen LogP contribution >= 0.6 is 0 Å². The number of urea groups is 1. The van der Waals surface area contributed by atoms with Gasteiger partial charge in [0.25, 0.3) is 0 Å². The molecule has 0 spiro atoms. The van der Waals surface area contributed by atoms with Gasteiger partial charge in [0.2, 0.25) is 17.7 Å². The van der Waals surface area contributed by atoms with Gasteiger partial charge in [-0.25, -0.2) is 9.78 Å². The lowest BCUT2D eigenvalue weighted by Crippen LogP contribution is -2.49. The Hall–Kier alpha value is -3.95. The number of pyridine rings is 1. The molecule has 5 rings (SSSR count). The molecule has 2 aromatic rings. The van der Waals surface area contributed by atoms with Gasteiger partial charge >= 0.3 is 12.0 Å². The number of imide groups is 1. The van der Waals surface area contributed by atoms with Gasteiger partial charge < -0.3 is 14.4 Å². The number of hydrogen-bond acceptors (Lipinski definition) is 7. The molecule has 0 radical (unpaired) electrons. The Morgan fingerprint density at radius 1 is 0.947 bits per heavy atom. The van der Waals surface area contributed by atoms with Gasteiger partial charge in [-0.3, -0.25) is 24.6 Å². The molecule has 10 nitrogen and oxygen atoms in total. The van der Waals surface area contributed by atoms with Crippen LogP contribution in [-0.2, 0) is 25.7 Å². The molecular formula is C28H32N4O6. The lowest BCUT2D eigenvalue weighted by Gasteiger charge is -2.30. The number of amides is 4. The molecule has 38 heavy (non-hydrogen) atoms. The first-order valence-electron chi connectivity index (χ1n) is 13.2. The van der Waals surface area contributed by atoms with E-state index in [0.717, 1.165) is 31.2 Å². The minimum absolute atomic E-state index is 0.0346. The van der Waals surface area contributed by atoms with Crippen molar-refractivity contribution in [2.45, 2.75) is 51.2 Å². The molecule has 3 aliphatic rings. The van der Waals surface area contributed by atoms with Crippen LogP contribution in [0.2, 0.25) is 0 Å². The van der Waals surface area contributed by atoms with E-state index < -0.39 is 6.03 Å². The van der Waals surface area contributed by atoms with Crippen LogP contribution < -0.4 is 15.0 Å². The van der Waals surface area contributed by atoms with Gasteiger partial charge in [0.05, 0.1) is 17.8 Å². The van der Waals surface area contributed by atoms with E-state index in [0.29, 0.717) is 37.6 Å². The van der Waals surface area contributed by atoms with Gasteiger partial charge in [0, 0.05) is 38.0 Å². The molecule has 0 bridgehead atoms. The van der Waals surface area contributed by atoms with Gasteiger partial charge in [-0.15, -0.1) is 0 Å². The molecule has 2 aliphatic heterocycles. The fourth-order valence-electron chi connectivity index (χ4n) is 5.27. The van der Waals surface area contributed by atoms with E-state index >= 15 is 0 Å². The van der Waals surface area contributed by atoms with Crippen molar-refractivity contribution in [2.75, 3.05) is 24.5 Å². The second kappa shape index (κ2) is 11.6. The fourth-order valence-corrected chi connectivity index (χ4v) is 5.27. The van der Waals surface area contributed by atoms with Crippen LogP contribution in [-0.4, -0.2) is 59.4 Å². The van der Waals surface area contributed by atoms with Crippen LogP contribution in [0.1, 0.15) is 44.1 Å². The molecule has 1 aromatic heterocycles. The molecule has 1 atom stereocenters. The van der Waals surface area contributed by atoms with Crippen molar-refractivity contribution in [2.24, 2.45) is 11.8 Å². The Morgan fingerprint density at radius 3 is 2.45 bits per heavy atom. The highest BCUT2D eigenvalue weighted by atomic mass is 16.5. The number of rotatable bonds is 7. The summed E-state index contributed by atoms with van der Waals surface area (Å²) in [6.07, 6.45) is 5.35. The first-order chi connectivity index (χ1) is 18.5. The highest BCUT2D eigenvalue weighted by Crippen LogP contribution is 2.31. The fraction of sp³-hybridized carbons (Fsp3) is 0.464. The topological polar surface area (TPSA) is 118 Å². The number of anilines is 1. The Kier molecular flexibility index (Phi) is 7.86. The highest BCUT2D eigenvalue weighted by molar-refractivity contribution is 6.05. The normalized spacial score (nSPS) is 23.6. The maximum Gasteiger partial charge on any atom is 0.328 e. The molecule has 1 aliphatic carbocycles. The molecule has 4 amide bonds. The summed E-state index contributed by atoms with van der Waals surface area (Å²) in [6.45, 7) is 1.57. The number of hydrogen-bond donors (Lipinski definition) is 1. The first kappa shape index (κ1) is 25.7. The first-order valence-corrected chi connectivity index (χ1v) is 13.2. The van der Waals surface area contributed by atoms with E-state index in [4.69, 9.17) is 9.47 Å². The molecule has 1 aromatic carbocycles. The van der Waals surface area contributed by atoms with E-state index in [9.17, 15) is 19.2 Å². The summed E-state index contributed by atoms with van der Waals surface area (Å²) in [4.78, 5) is 56.6. The summed E-state index contributed by atoms with van der Waals surface area (Å²) < 4.78 is 11.5. The largest absolute Gasteiger partial charge is 0.474 e. The minimum Gasteiger partial charge on any atom is -0.474 e. The summed E-state index contributed by atoms with van der Waals surface area (Å²) in [5, 5.41) is 2.30. The Bertz CT molecular complexity index is 1160. The smallest absolute Gasteiger partial charge is 0.328 e. The van der Waals surface area contributed by atoms with Crippen molar-refractivity contribution >= 4 is 29.5 Å². The standard InChI is InChI=1S/C28H32N4O6/c33-24-13-15-32(28(36)30-24)22-8-11-25(29-16-22)38-23-9-6-20(7-10-23)26(34)31-14-12-21(17-31)27(35)37-18-19-4-2-1-3-5-19/h1-5,8,11,16,20-21,23H,6-7,9-10,12-15,17-18H2,(H,30,33,36)/t20?,21-,23?/m1/s1. The summed E-state index contributed by atoms with van der Waals surface area (Å²) in [6, 6.07) is 12.6. The number of esters is 1. The van der Waals surface area contributed by atoms with Crippen LogP contribution in [0.15, 0.2) is 48.7 Å². The SMILES string of the molecule is O=C1CCN(c2ccc(OC3CCC(C(=O)N4CC[C@@H](C(=O)OCc5ccccc5)C4)CC3)nc2)C(=O)N1. The van der Waals surface area contributed by atoms with Crippen LogP contribution in [0, 0.1) is 11.8 Å². The Balaban J connectivity index is 1.05.